The summed E-state index contributed by atoms with van der Waals surface area (Å²) in [4.78, 5) is 25.7. The van der Waals surface area contributed by atoms with Crippen LogP contribution in [0, 0.1) is 0 Å². The van der Waals surface area contributed by atoms with Crippen LogP contribution in [0.15, 0.2) is 84.9 Å². The van der Waals surface area contributed by atoms with E-state index in [1.807, 2.05) is 66.7 Å². The zero-order valence-electron chi connectivity index (χ0n) is 17.3. The summed E-state index contributed by atoms with van der Waals surface area (Å²) in [6.07, 6.45) is 2.44. The van der Waals surface area contributed by atoms with E-state index in [9.17, 15) is 9.59 Å². The first-order chi connectivity index (χ1) is 15.2. The number of benzene rings is 3. The van der Waals surface area contributed by atoms with Gasteiger partial charge in [0.2, 0.25) is 5.91 Å². The van der Waals surface area contributed by atoms with E-state index < -0.39 is 6.04 Å². The Labute approximate surface area is 182 Å². The maximum Gasteiger partial charge on any atom is 0.252 e. The molecule has 0 saturated heterocycles. The lowest BCUT2D eigenvalue weighted by Gasteiger charge is -2.19. The van der Waals surface area contributed by atoms with Crippen molar-refractivity contribution in [3.63, 3.8) is 0 Å². The average Bonchev–Trinajstić information content (AvgIpc) is 3.63. The number of amides is 2. The number of nitrogens with one attached hydrogen (secondary N) is 2. The Morgan fingerprint density at radius 2 is 1.55 bits per heavy atom. The van der Waals surface area contributed by atoms with Gasteiger partial charge in [0.05, 0.1) is 0 Å². The van der Waals surface area contributed by atoms with E-state index in [2.05, 4.69) is 10.6 Å². The van der Waals surface area contributed by atoms with Gasteiger partial charge < -0.3 is 15.4 Å². The first-order valence-electron chi connectivity index (χ1n) is 10.6. The molecule has 1 aliphatic rings. The molecule has 158 valence electrons. The number of hydrogen-bond acceptors (Lipinski definition) is 3. The molecule has 1 unspecified atom stereocenters. The number of hydrogen-bond donors (Lipinski definition) is 2. The second-order valence-electron chi connectivity index (χ2n) is 7.80. The van der Waals surface area contributed by atoms with Gasteiger partial charge in [-0.15, -0.1) is 0 Å². The zero-order valence-corrected chi connectivity index (χ0v) is 17.3. The molecule has 5 nitrogen and oxygen atoms in total. The van der Waals surface area contributed by atoms with Gasteiger partial charge in [-0.05, 0) is 42.2 Å². The summed E-state index contributed by atoms with van der Waals surface area (Å²) in [6, 6.07) is 26.2. The van der Waals surface area contributed by atoms with Gasteiger partial charge in [-0.2, -0.15) is 0 Å². The fourth-order valence-corrected chi connectivity index (χ4v) is 3.30. The predicted molar refractivity (Wildman–Crippen MR) is 120 cm³/mol. The van der Waals surface area contributed by atoms with Crippen molar-refractivity contribution in [1.82, 2.24) is 10.6 Å². The minimum Gasteiger partial charge on any atom is -0.489 e. The highest BCUT2D eigenvalue weighted by molar-refractivity contribution is 5.98. The van der Waals surface area contributed by atoms with Crippen molar-refractivity contribution in [1.29, 1.82) is 0 Å². The van der Waals surface area contributed by atoms with Gasteiger partial charge in [0.25, 0.3) is 5.91 Å². The molecule has 1 atom stereocenters. The maximum atomic E-state index is 12.9. The third-order valence-corrected chi connectivity index (χ3v) is 5.17. The molecule has 1 fully saturated rings. The van der Waals surface area contributed by atoms with Crippen molar-refractivity contribution in [2.75, 3.05) is 0 Å². The summed E-state index contributed by atoms with van der Waals surface area (Å²) in [5.41, 5.74) is 2.51. The fraction of sp³-hybridized carbons (Fsp3) is 0.231. The highest BCUT2D eigenvalue weighted by Crippen LogP contribution is 2.19. The van der Waals surface area contributed by atoms with Crippen LogP contribution in [0.4, 0.5) is 0 Å². The highest BCUT2D eigenvalue weighted by Gasteiger charge is 2.28. The van der Waals surface area contributed by atoms with Gasteiger partial charge in [0.1, 0.15) is 18.4 Å². The Bertz CT molecular complexity index is 1020. The van der Waals surface area contributed by atoms with Crippen LogP contribution in [-0.4, -0.2) is 23.9 Å². The van der Waals surface area contributed by atoms with E-state index in [0.717, 1.165) is 24.0 Å². The van der Waals surface area contributed by atoms with Gasteiger partial charge in [-0.25, -0.2) is 0 Å². The van der Waals surface area contributed by atoms with Gasteiger partial charge in [-0.1, -0.05) is 66.7 Å². The lowest BCUT2D eigenvalue weighted by Crippen LogP contribution is -2.48. The molecular formula is C26H26N2O3. The smallest absolute Gasteiger partial charge is 0.252 e. The Morgan fingerprint density at radius 1 is 0.871 bits per heavy atom. The van der Waals surface area contributed by atoms with E-state index >= 15 is 0 Å². The van der Waals surface area contributed by atoms with Gasteiger partial charge >= 0.3 is 0 Å². The fourth-order valence-electron chi connectivity index (χ4n) is 3.30. The van der Waals surface area contributed by atoms with E-state index in [1.54, 1.807) is 18.2 Å². The quantitative estimate of drug-likeness (QED) is 0.558. The molecule has 0 bridgehead atoms. The van der Waals surface area contributed by atoms with Crippen LogP contribution in [0.3, 0.4) is 0 Å². The molecule has 0 radical (unpaired) electrons. The van der Waals surface area contributed by atoms with Crippen molar-refractivity contribution < 1.29 is 14.3 Å². The standard InChI is InChI=1S/C26H26N2O3/c29-25(21-12-7-13-23(17-21)31-18-20-10-5-2-6-11-20)28-24(26(30)27-22-14-15-22)16-19-8-3-1-4-9-19/h1-13,17,22,24H,14-16,18H2,(H,27,30)(H,28,29). The summed E-state index contributed by atoms with van der Waals surface area (Å²) < 4.78 is 5.83. The molecule has 2 N–H and O–H groups in total. The first-order valence-corrected chi connectivity index (χ1v) is 10.6. The van der Waals surface area contributed by atoms with E-state index in [1.165, 1.54) is 0 Å². The summed E-state index contributed by atoms with van der Waals surface area (Å²) in [5, 5.41) is 5.91. The summed E-state index contributed by atoms with van der Waals surface area (Å²) in [6.45, 7) is 0.423. The minimum absolute atomic E-state index is 0.142. The molecule has 5 heteroatoms. The van der Waals surface area contributed by atoms with E-state index in [0.29, 0.717) is 24.3 Å². The second kappa shape index (κ2) is 9.94. The van der Waals surface area contributed by atoms with E-state index in [-0.39, 0.29) is 17.9 Å². The summed E-state index contributed by atoms with van der Waals surface area (Å²) in [5.74, 6) is 0.173. The number of carbonyl (C=O) groups is 2. The first kappa shape index (κ1) is 20.7. The topological polar surface area (TPSA) is 67.4 Å². The summed E-state index contributed by atoms with van der Waals surface area (Å²) >= 11 is 0. The molecule has 4 rings (SSSR count). The molecule has 3 aromatic carbocycles. The van der Waals surface area contributed by atoms with Crippen LogP contribution in [0.1, 0.15) is 34.3 Å². The van der Waals surface area contributed by atoms with Crippen molar-refractivity contribution in [3.8, 4) is 5.75 Å². The van der Waals surface area contributed by atoms with Gasteiger partial charge in [-0.3, -0.25) is 9.59 Å². The van der Waals surface area contributed by atoms with Crippen LogP contribution in [-0.2, 0) is 17.8 Å². The molecule has 1 saturated carbocycles. The van der Waals surface area contributed by atoms with Crippen molar-refractivity contribution in [3.05, 3.63) is 102 Å². The second-order valence-corrected chi connectivity index (χ2v) is 7.80. The lowest BCUT2D eigenvalue weighted by atomic mass is 10.0. The molecule has 0 aliphatic heterocycles. The highest BCUT2D eigenvalue weighted by atomic mass is 16.5. The molecule has 0 heterocycles. The molecule has 2 amide bonds. The van der Waals surface area contributed by atoms with Crippen LogP contribution in [0.25, 0.3) is 0 Å². The molecule has 31 heavy (non-hydrogen) atoms. The van der Waals surface area contributed by atoms with Gasteiger partial charge in [0.15, 0.2) is 0 Å². The Hall–Kier alpha value is -3.60. The molecule has 0 spiro atoms. The third-order valence-electron chi connectivity index (χ3n) is 5.17. The molecule has 0 aromatic heterocycles. The van der Waals surface area contributed by atoms with Crippen LogP contribution < -0.4 is 15.4 Å². The predicted octanol–water partition coefficient (Wildman–Crippen LogP) is 3.89. The van der Waals surface area contributed by atoms with Crippen molar-refractivity contribution >= 4 is 11.8 Å². The maximum absolute atomic E-state index is 12.9. The number of carbonyl (C=O) groups excluding carboxylic acids is 2. The molecule has 1 aliphatic carbocycles. The Kier molecular flexibility index (Phi) is 6.62. The SMILES string of the molecule is O=C(NC(Cc1ccccc1)C(=O)NC1CC1)c1cccc(OCc2ccccc2)c1. The summed E-state index contributed by atoms with van der Waals surface area (Å²) in [7, 11) is 0. The zero-order chi connectivity index (χ0) is 21.5. The van der Waals surface area contributed by atoms with E-state index in [4.69, 9.17) is 4.74 Å². The van der Waals surface area contributed by atoms with Crippen molar-refractivity contribution in [2.45, 2.75) is 38.0 Å². The monoisotopic (exact) mass is 414 g/mol. The van der Waals surface area contributed by atoms with Gasteiger partial charge in [0, 0.05) is 18.0 Å². The number of ether oxygens (including phenoxy) is 1. The normalized spacial score (nSPS) is 13.8. The minimum atomic E-state index is -0.635. The molecular weight excluding hydrogens is 388 g/mol. The number of rotatable bonds is 9. The average molecular weight is 415 g/mol. The Balaban J connectivity index is 1.42. The molecule has 3 aromatic rings. The van der Waals surface area contributed by atoms with Crippen LogP contribution >= 0.6 is 0 Å². The largest absolute Gasteiger partial charge is 0.489 e. The Morgan fingerprint density at radius 3 is 2.23 bits per heavy atom. The lowest BCUT2D eigenvalue weighted by molar-refractivity contribution is -0.123. The third kappa shape index (κ3) is 6.19. The van der Waals surface area contributed by atoms with Crippen LogP contribution in [0.2, 0.25) is 0 Å². The van der Waals surface area contributed by atoms with Crippen molar-refractivity contribution in [2.24, 2.45) is 0 Å². The van der Waals surface area contributed by atoms with Crippen LogP contribution in [0.5, 0.6) is 5.75 Å².